The van der Waals surface area contributed by atoms with Gasteiger partial charge in [-0.25, -0.2) is 4.39 Å². The first-order valence-corrected chi connectivity index (χ1v) is 5.60. The molecular formula is C12H15FN2O2. The van der Waals surface area contributed by atoms with Gasteiger partial charge in [-0.2, -0.15) is 0 Å². The molecule has 0 N–H and O–H groups in total. The van der Waals surface area contributed by atoms with Crippen LogP contribution in [0.2, 0.25) is 0 Å². The molecular weight excluding hydrogens is 223 g/mol. The van der Waals surface area contributed by atoms with Gasteiger partial charge in [0, 0.05) is 32.3 Å². The van der Waals surface area contributed by atoms with Crippen LogP contribution >= 0.6 is 0 Å². The molecule has 1 aliphatic heterocycles. The molecule has 1 unspecified atom stereocenters. The van der Waals surface area contributed by atoms with Crippen LogP contribution < -0.4 is 0 Å². The lowest BCUT2D eigenvalue weighted by Crippen LogP contribution is -2.30. The molecule has 1 atom stereocenters. The van der Waals surface area contributed by atoms with Crippen molar-refractivity contribution in [1.82, 2.24) is 9.88 Å². The van der Waals surface area contributed by atoms with E-state index < -0.39 is 5.82 Å². The van der Waals surface area contributed by atoms with Crippen molar-refractivity contribution in [3.63, 3.8) is 0 Å². The summed E-state index contributed by atoms with van der Waals surface area (Å²) in [6, 6.07) is 1.42. The lowest BCUT2D eigenvalue weighted by atomic mass is 10.1. The minimum absolute atomic E-state index is 0.0954. The van der Waals surface area contributed by atoms with Gasteiger partial charge in [0.25, 0.3) is 5.91 Å². The number of hydrogen-bond acceptors (Lipinski definition) is 3. The number of rotatable bonds is 3. The molecule has 92 valence electrons. The molecule has 5 heteroatoms. The molecule has 0 aliphatic carbocycles. The maximum atomic E-state index is 13.4. The number of hydrogen-bond donors (Lipinski definition) is 0. The van der Waals surface area contributed by atoms with Gasteiger partial charge >= 0.3 is 0 Å². The van der Waals surface area contributed by atoms with E-state index in [1.54, 1.807) is 12.0 Å². The number of carbonyl (C=O) groups excluding carboxylic acids is 1. The Bertz CT molecular complexity index is 411. The van der Waals surface area contributed by atoms with E-state index in [0.29, 0.717) is 25.6 Å². The normalized spacial score (nSPS) is 19.6. The van der Waals surface area contributed by atoms with E-state index in [0.717, 1.165) is 12.6 Å². The monoisotopic (exact) mass is 238 g/mol. The second-order valence-corrected chi connectivity index (χ2v) is 4.22. The summed E-state index contributed by atoms with van der Waals surface area (Å²) < 4.78 is 18.5. The number of pyridine rings is 1. The maximum absolute atomic E-state index is 13.4. The average molecular weight is 238 g/mol. The Balaban J connectivity index is 2.05. The van der Waals surface area contributed by atoms with E-state index in [9.17, 15) is 9.18 Å². The molecule has 0 radical (unpaired) electrons. The molecule has 0 aromatic carbocycles. The van der Waals surface area contributed by atoms with Gasteiger partial charge in [0.05, 0.1) is 18.4 Å². The molecule has 1 amide bonds. The molecule has 1 aliphatic rings. The molecule has 1 aromatic heterocycles. The molecule has 17 heavy (non-hydrogen) atoms. The highest BCUT2D eigenvalue weighted by atomic mass is 19.1. The molecule has 0 bridgehead atoms. The number of amides is 1. The van der Waals surface area contributed by atoms with Crippen molar-refractivity contribution in [2.75, 3.05) is 26.8 Å². The summed E-state index contributed by atoms with van der Waals surface area (Å²) in [6.45, 7) is 1.94. The number of likely N-dealkylation sites (tertiary alicyclic amines) is 1. The molecule has 1 saturated heterocycles. The Hall–Kier alpha value is -1.49. The Morgan fingerprint density at radius 2 is 2.53 bits per heavy atom. The summed E-state index contributed by atoms with van der Waals surface area (Å²) in [5.41, 5.74) is 0.0954. The third-order valence-corrected chi connectivity index (χ3v) is 2.98. The van der Waals surface area contributed by atoms with Crippen molar-refractivity contribution >= 4 is 5.91 Å². The van der Waals surface area contributed by atoms with Gasteiger partial charge in [0.2, 0.25) is 0 Å². The smallest absolute Gasteiger partial charge is 0.256 e. The number of methoxy groups -OCH3 is 1. The fraction of sp³-hybridized carbons (Fsp3) is 0.500. The van der Waals surface area contributed by atoms with Gasteiger partial charge in [-0.05, 0) is 12.5 Å². The zero-order valence-electron chi connectivity index (χ0n) is 9.73. The first kappa shape index (κ1) is 12.0. The maximum Gasteiger partial charge on any atom is 0.256 e. The Kier molecular flexibility index (Phi) is 3.68. The minimum Gasteiger partial charge on any atom is -0.384 e. The van der Waals surface area contributed by atoms with Crippen molar-refractivity contribution in [1.29, 1.82) is 0 Å². The van der Waals surface area contributed by atoms with Crippen LogP contribution in [0.25, 0.3) is 0 Å². The van der Waals surface area contributed by atoms with Crippen molar-refractivity contribution < 1.29 is 13.9 Å². The second-order valence-electron chi connectivity index (χ2n) is 4.22. The number of nitrogens with zero attached hydrogens (tertiary/aromatic N) is 2. The molecule has 0 spiro atoms. The highest BCUT2D eigenvalue weighted by Gasteiger charge is 2.28. The lowest BCUT2D eigenvalue weighted by molar-refractivity contribution is 0.0770. The highest BCUT2D eigenvalue weighted by molar-refractivity contribution is 5.94. The van der Waals surface area contributed by atoms with Crippen molar-refractivity contribution in [3.8, 4) is 0 Å². The van der Waals surface area contributed by atoms with E-state index >= 15 is 0 Å². The van der Waals surface area contributed by atoms with Crippen molar-refractivity contribution in [2.24, 2.45) is 5.92 Å². The lowest BCUT2D eigenvalue weighted by Gasteiger charge is -2.16. The quantitative estimate of drug-likeness (QED) is 0.797. The van der Waals surface area contributed by atoms with Crippen LogP contribution in [0.5, 0.6) is 0 Å². The van der Waals surface area contributed by atoms with E-state index in [-0.39, 0.29) is 11.5 Å². The molecule has 1 fully saturated rings. The van der Waals surface area contributed by atoms with Gasteiger partial charge in [0.15, 0.2) is 5.82 Å². The van der Waals surface area contributed by atoms with Gasteiger partial charge in [0.1, 0.15) is 0 Å². The third-order valence-electron chi connectivity index (χ3n) is 2.98. The second kappa shape index (κ2) is 5.23. The van der Waals surface area contributed by atoms with Crippen molar-refractivity contribution in [2.45, 2.75) is 6.42 Å². The Labute approximate surface area is 99.4 Å². The van der Waals surface area contributed by atoms with E-state index in [4.69, 9.17) is 4.74 Å². The van der Waals surface area contributed by atoms with Gasteiger partial charge < -0.3 is 9.64 Å². The van der Waals surface area contributed by atoms with Gasteiger partial charge in [-0.15, -0.1) is 0 Å². The van der Waals surface area contributed by atoms with E-state index in [2.05, 4.69) is 4.98 Å². The highest BCUT2D eigenvalue weighted by Crippen LogP contribution is 2.19. The fourth-order valence-electron chi connectivity index (χ4n) is 2.11. The molecule has 0 saturated carbocycles. The predicted molar refractivity (Wildman–Crippen MR) is 60.1 cm³/mol. The van der Waals surface area contributed by atoms with Crippen LogP contribution in [-0.2, 0) is 4.74 Å². The molecule has 2 heterocycles. The Morgan fingerprint density at radius 1 is 1.71 bits per heavy atom. The summed E-state index contributed by atoms with van der Waals surface area (Å²) in [4.78, 5) is 17.3. The number of ether oxygens (including phenoxy) is 1. The van der Waals surface area contributed by atoms with Crippen LogP contribution in [0.4, 0.5) is 4.39 Å². The molecule has 4 nitrogen and oxygen atoms in total. The van der Waals surface area contributed by atoms with E-state index in [1.165, 1.54) is 12.3 Å². The largest absolute Gasteiger partial charge is 0.384 e. The fourth-order valence-corrected chi connectivity index (χ4v) is 2.11. The SMILES string of the molecule is COCC1CCN(C(=O)c2ccncc2F)C1. The summed E-state index contributed by atoms with van der Waals surface area (Å²) in [7, 11) is 1.65. The first-order valence-electron chi connectivity index (χ1n) is 5.60. The van der Waals surface area contributed by atoms with Gasteiger partial charge in [-0.3, -0.25) is 9.78 Å². The number of aromatic nitrogens is 1. The zero-order valence-corrected chi connectivity index (χ0v) is 9.73. The standard InChI is InChI=1S/C12H15FN2O2/c1-17-8-9-3-5-15(7-9)12(16)10-2-4-14-6-11(10)13/h2,4,6,9H,3,5,7-8H2,1H3. The van der Waals surface area contributed by atoms with Crippen LogP contribution in [0.3, 0.4) is 0 Å². The summed E-state index contributed by atoms with van der Waals surface area (Å²) >= 11 is 0. The molecule has 2 rings (SSSR count). The van der Waals surface area contributed by atoms with E-state index in [1.807, 2.05) is 0 Å². The number of halogens is 1. The van der Waals surface area contributed by atoms with Crippen molar-refractivity contribution in [3.05, 3.63) is 29.8 Å². The Morgan fingerprint density at radius 3 is 3.24 bits per heavy atom. The summed E-state index contributed by atoms with van der Waals surface area (Å²) in [6.07, 6.45) is 3.40. The topological polar surface area (TPSA) is 42.4 Å². The first-order chi connectivity index (χ1) is 8.22. The summed E-state index contributed by atoms with van der Waals surface area (Å²) in [5, 5.41) is 0. The summed E-state index contributed by atoms with van der Waals surface area (Å²) in [5.74, 6) is -0.468. The van der Waals surface area contributed by atoms with Gasteiger partial charge in [-0.1, -0.05) is 0 Å². The van der Waals surface area contributed by atoms with Crippen LogP contribution in [0, 0.1) is 11.7 Å². The van der Waals surface area contributed by atoms with Crippen LogP contribution in [0.15, 0.2) is 18.5 Å². The minimum atomic E-state index is -0.562. The van der Waals surface area contributed by atoms with Crippen LogP contribution in [0.1, 0.15) is 16.8 Å². The average Bonchev–Trinajstić information content (AvgIpc) is 2.78. The molecule has 1 aromatic rings. The predicted octanol–water partition coefficient (Wildman–Crippen LogP) is 1.33. The third kappa shape index (κ3) is 2.61. The number of carbonyl (C=O) groups is 1. The van der Waals surface area contributed by atoms with Crippen LogP contribution in [-0.4, -0.2) is 42.6 Å². The zero-order chi connectivity index (χ0) is 12.3.